The average Bonchev–Trinajstić information content (AvgIpc) is 3.69. The smallest absolute Gasteiger partial charge is 0.0991 e. The molecule has 5 heteroatoms. The minimum absolute atomic E-state index is 0.555. The van der Waals surface area contributed by atoms with E-state index in [0.717, 1.165) is 66.5 Å². The predicted octanol–water partition coefficient (Wildman–Crippen LogP) is 10.8. The first-order chi connectivity index (χ1) is 24.7. The molecule has 0 radical (unpaired) electrons. The first kappa shape index (κ1) is 28.8. The number of benzene rings is 7. The van der Waals surface area contributed by atoms with E-state index in [1.807, 2.05) is 66.7 Å². The molecule has 50 heavy (non-hydrogen) atoms. The summed E-state index contributed by atoms with van der Waals surface area (Å²) in [7, 11) is 0. The molecule has 2 heterocycles. The van der Waals surface area contributed by atoms with Crippen LogP contribution in [-0.2, 0) is 0 Å². The van der Waals surface area contributed by atoms with Gasteiger partial charge in [-0.15, -0.1) is 0 Å². The third kappa shape index (κ3) is 4.38. The molecule has 2 aromatic heterocycles. The number of aromatic nitrogens is 2. The van der Waals surface area contributed by atoms with Crippen LogP contribution in [-0.4, -0.2) is 9.13 Å². The first-order valence-corrected chi connectivity index (χ1v) is 16.3. The van der Waals surface area contributed by atoms with Gasteiger partial charge in [0.15, 0.2) is 0 Å². The van der Waals surface area contributed by atoms with Crippen LogP contribution in [0, 0.1) is 34.0 Å². The molecule has 0 aliphatic carbocycles. The van der Waals surface area contributed by atoms with Crippen molar-refractivity contribution in [2.45, 2.75) is 0 Å². The molecule has 0 aliphatic rings. The lowest BCUT2D eigenvalue weighted by Crippen LogP contribution is -1.99. The van der Waals surface area contributed by atoms with Crippen LogP contribution in [0.25, 0.3) is 77.2 Å². The summed E-state index contributed by atoms with van der Waals surface area (Å²) < 4.78 is 4.51. The standard InChI is InChI=1S/C45H25N5/c46-26-29-16-19-34(32-8-7-9-33(25-32)49-41-13-4-1-10-35(41)36-11-2-5-14-42(36)49)38(22-29)37-12-3-6-15-43(37)50-44-20-17-30(27-47)23-39(44)40-24-31(28-48)18-21-45(40)50/h1-25H. The van der Waals surface area contributed by atoms with E-state index < -0.39 is 0 Å². The van der Waals surface area contributed by atoms with E-state index in [9.17, 15) is 15.8 Å². The molecule has 0 aliphatic heterocycles. The van der Waals surface area contributed by atoms with Gasteiger partial charge in [-0.25, -0.2) is 0 Å². The minimum Gasteiger partial charge on any atom is -0.309 e. The van der Waals surface area contributed by atoms with Crippen LogP contribution in [0.2, 0.25) is 0 Å². The van der Waals surface area contributed by atoms with Crippen molar-refractivity contribution < 1.29 is 0 Å². The summed E-state index contributed by atoms with van der Waals surface area (Å²) in [5.41, 5.74) is 11.7. The molecule has 0 bridgehead atoms. The van der Waals surface area contributed by atoms with Gasteiger partial charge in [-0.1, -0.05) is 72.8 Å². The second-order valence-electron chi connectivity index (χ2n) is 12.3. The molecule has 0 spiro atoms. The molecular weight excluding hydrogens is 611 g/mol. The number of rotatable bonds is 4. The van der Waals surface area contributed by atoms with Gasteiger partial charge in [0.05, 0.1) is 62.7 Å². The SMILES string of the molecule is N#Cc1ccc(-c2cccc(-n3c4ccccc4c4ccccc43)c2)c(-c2ccccc2-n2c3ccc(C#N)cc3c3cc(C#N)ccc32)c1. The van der Waals surface area contributed by atoms with E-state index in [0.29, 0.717) is 16.7 Å². The Hall–Kier alpha value is -7.39. The van der Waals surface area contributed by atoms with Crippen LogP contribution < -0.4 is 0 Å². The fourth-order valence-electron chi connectivity index (χ4n) is 7.42. The van der Waals surface area contributed by atoms with Crippen LogP contribution in [0.15, 0.2) is 152 Å². The lowest BCUT2D eigenvalue weighted by molar-refractivity contribution is 1.18. The largest absolute Gasteiger partial charge is 0.309 e. The minimum atomic E-state index is 0.555. The summed E-state index contributed by atoms with van der Waals surface area (Å²) in [5, 5.41) is 33.7. The van der Waals surface area contributed by atoms with Gasteiger partial charge in [-0.05, 0) is 95.6 Å². The number of nitriles is 3. The summed E-state index contributed by atoms with van der Waals surface area (Å²) in [4.78, 5) is 0. The van der Waals surface area contributed by atoms with Gasteiger partial charge in [0.25, 0.3) is 0 Å². The van der Waals surface area contributed by atoms with Gasteiger partial charge in [0.2, 0.25) is 0 Å². The zero-order chi connectivity index (χ0) is 33.8. The summed E-state index contributed by atoms with van der Waals surface area (Å²) in [6.45, 7) is 0. The molecule has 9 aromatic rings. The van der Waals surface area contributed by atoms with Crippen LogP contribution in [0.5, 0.6) is 0 Å². The average molecular weight is 636 g/mol. The highest BCUT2D eigenvalue weighted by Gasteiger charge is 2.20. The Bertz CT molecular complexity index is 2850. The van der Waals surface area contributed by atoms with Crippen molar-refractivity contribution in [3.63, 3.8) is 0 Å². The molecule has 7 aromatic carbocycles. The molecule has 0 unspecified atom stereocenters. The van der Waals surface area contributed by atoms with Crippen molar-refractivity contribution in [2.24, 2.45) is 0 Å². The summed E-state index contributed by atoms with van der Waals surface area (Å²) in [6, 6.07) is 57.9. The predicted molar refractivity (Wildman–Crippen MR) is 200 cm³/mol. The molecule has 230 valence electrons. The van der Waals surface area contributed by atoms with Crippen molar-refractivity contribution in [1.29, 1.82) is 15.8 Å². The molecule has 5 nitrogen and oxygen atoms in total. The van der Waals surface area contributed by atoms with Crippen LogP contribution in [0.1, 0.15) is 16.7 Å². The fourth-order valence-corrected chi connectivity index (χ4v) is 7.42. The number of fused-ring (bicyclic) bond motifs is 6. The monoisotopic (exact) mass is 635 g/mol. The summed E-state index contributed by atoms with van der Waals surface area (Å²) in [5.74, 6) is 0. The topological polar surface area (TPSA) is 81.2 Å². The number of para-hydroxylation sites is 3. The first-order valence-electron chi connectivity index (χ1n) is 16.3. The maximum Gasteiger partial charge on any atom is 0.0991 e. The van der Waals surface area contributed by atoms with Crippen molar-refractivity contribution in [2.75, 3.05) is 0 Å². The van der Waals surface area contributed by atoms with Crippen LogP contribution in [0.3, 0.4) is 0 Å². The Morgan fingerprint density at radius 1 is 0.360 bits per heavy atom. The molecule has 0 saturated heterocycles. The van der Waals surface area contributed by atoms with Crippen molar-refractivity contribution >= 4 is 43.6 Å². The molecule has 9 rings (SSSR count). The maximum atomic E-state index is 10.1. The van der Waals surface area contributed by atoms with Gasteiger partial charge < -0.3 is 9.13 Å². The van der Waals surface area contributed by atoms with E-state index in [1.54, 1.807) is 0 Å². The number of hydrogen-bond acceptors (Lipinski definition) is 3. The normalized spacial score (nSPS) is 11.1. The Balaban J connectivity index is 1.29. The highest BCUT2D eigenvalue weighted by atomic mass is 15.0. The molecular formula is C45H25N5. The molecule has 0 atom stereocenters. The third-order valence-corrected chi connectivity index (χ3v) is 9.60. The lowest BCUT2D eigenvalue weighted by Gasteiger charge is -2.18. The maximum absolute atomic E-state index is 10.1. The number of hydrogen-bond donors (Lipinski definition) is 0. The van der Waals surface area contributed by atoms with Crippen molar-refractivity contribution in [1.82, 2.24) is 9.13 Å². The molecule has 0 fully saturated rings. The molecule has 0 N–H and O–H groups in total. The van der Waals surface area contributed by atoms with Gasteiger partial charge >= 0.3 is 0 Å². The number of nitrogens with zero attached hydrogens (tertiary/aromatic N) is 5. The van der Waals surface area contributed by atoms with E-state index in [4.69, 9.17) is 0 Å². The van der Waals surface area contributed by atoms with Crippen molar-refractivity contribution in [3.05, 3.63) is 168 Å². The molecule has 0 saturated carbocycles. The molecule has 0 amide bonds. The quantitative estimate of drug-likeness (QED) is 0.193. The zero-order valence-corrected chi connectivity index (χ0v) is 26.7. The highest BCUT2D eigenvalue weighted by Crippen LogP contribution is 2.41. The van der Waals surface area contributed by atoms with Crippen molar-refractivity contribution in [3.8, 4) is 51.8 Å². The van der Waals surface area contributed by atoms with Gasteiger partial charge in [0.1, 0.15) is 0 Å². The Morgan fingerprint density at radius 2 is 0.900 bits per heavy atom. The van der Waals surface area contributed by atoms with E-state index in [-0.39, 0.29) is 0 Å². The van der Waals surface area contributed by atoms with E-state index in [2.05, 4.69) is 112 Å². The highest BCUT2D eigenvalue weighted by molar-refractivity contribution is 6.11. The fraction of sp³-hybridized carbons (Fsp3) is 0. The lowest BCUT2D eigenvalue weighted by atomic mass is 9.91. The third-order valence-electron chi connectivity index (χ3n) is 9.60. The summed E-state index contributed by atoms with van der Waals surface area (Å²) in [6.07, 6.45) is 0. The van der Waals surface area contributed by atoms with E-state index in [1.165, 1.54) is 10.8 Å². The Morgan fingerprint density at radius 3 is 1.54 bits per heavy atom. The zero-order valence-electron chi connectivity index (χ0n) is 26.7. The van der Waals surface area contributed by atoms with Gasteiger partial charge in [-0.3, -0.25) is 0 Å². The van der Waals surface area contributed by atoms with Gasteiger partial charge in [-0.2, -0.15) is 15.8 Å². The second-order valence-corrected chi connectivity index (χ2v) is 12.3. The van der Waals surface area contributed by atoms with E-state index >= 15 is 0 Å². The van der Waals surface area contributed by atoms with Crippen LogP contribution >= 0.6 is 0 Å². The second kappa shape index (κ2) is 11.4. The Kier molecular flexibility index (Phi) is 6.56. The van der Waals surface area contributed by atoms with Gasteiger partial charge in [0, 0.05) is 32.8 Å². The van der Waals surface area contributed by atoms with Crippen LogP contribution in [0.4, 0.5) is 0 Å². The Labute approximate surface area is 287 Å². The summed E-state index contributed by atoms with van der Waals surface area (Å²) >= 11 is 0.